The van der Waals surface area contributed by atoms with Crippen molar-refractivity contribution in [1.29, 1.82) is 0 Å². The first kappa shape index (κ1) is 23.5. The molecular formula is C24H24FN5O3. The Morgan fingerprint density at radius 2 is 1.85 bits per heavy atom. The largest absolute Gasteiger partial charge is 0.483 e. The number of anilines is 1. The van der Waals surface area contributed by atoms with E-state index in [1.54, 1.807) is 42.0 Å². The van der Waals surface area contributed by atoms with Crippen LogP contribution in [-0.2, 0) is 9.59 Å². The zero-order valence-corrected chi connectivity index (χ0v) is 18.7. The van der Waals surface area contributed by atoms with E-state index >= 15 is 0 Å². The minimum absolute atomic E-state index is 0.127. The topological polar surface area (TPSA) is 109 Å². The van der Waals surface area contributed by atoms with Crippen LogP contribution in [0.15, 0.2) is 54.9 Å². The number of pyridine rings is 1. The summed E-state index contributed by atoms with van der Waals surface area (Å²) in [6.07, 6.45) is 3.32. The van der Waals surface area contributed by atoms with Crippen LogP contribution < -0.4 is 5.32 Å². The van der Waals surface area contributed by atoms with Crippen molar-refractivity contribution in [2.45, 2.75) is 27.7 Å². The maximum atomic E-state index is 13.8. The van der Waals surface area contributed by atoms with Gasteiger partial charge in [0.25, 0.3) is 6.47 Å². The SMILES string of the molecule is Cc1cc(-c2nc3cccnn3c2-c2ccnc(NC(=O)C(C)(C)C)c2)ccc1F.O=CO. The molecule has 0 aliphatic carbocycles. The maximum Gasteiger partial charge on any atom is 0.290 e. The van der Waals surface area contributed by atoms with Gasteiger partial charge in [-0.2, -0.15) is 5.10 Å². The van der Waals surface area contributed by atoms with E-state index in [4.69, 9.17) is 14.9 Å². The first-order valence-corrected chi connectivity index (χ1v) is 10.1. The Morgan fingerprint density at radius 1 is 1.12 bits per heavy atom. The number of nitrogens with zero attached hydrogens (tertiary/aromatic N) is 4. The highest BCUT2D eigenvalue weighted by Gasteiger charge is 2.22. The molecule has 0 saturated heterocycles. The van der Waals surface area contributed by atoms with E-state index in [9.17, 15) is 9.18 Å². The molecule has 8 nitrogen and oxygen atoms in total. The summed E-state index contributed by atoms with van der Waals surface area (Å²) in [7, 11) is 0. The van der Waals surface area contributed by atoms with Gasteiger partial charge in [-0.15, -0.1) is 0 Å². The van der Waals surface area contributed by atoms with Crippen molar-refractivity contribution in [3.63, 3.8) is 0 Å². The highest BCUT2D eigenvalue weighted by Crippen LogP contribution is 2.33. The smallest absolute Gasteiger partial charge is 0.290 e. The molecule has 0 fully saturated rings. The van der Waals surface area contributed by atoms with Gasteiger partial charge >= 0.3 is 0 Å². The van der Waals surface area contributed by atoms with Crippen molar-refractivity contribution in [2.24, 2.45) is 5.41 Å². The molecule has 170 valence electrons. The Hall–Kier alpha value is -4.14. The third-order valence-electron chi connectivity index (χ3n) is 4.78. The zero-order valence-electron chi connectivity index (χ0n) is 18.7. The van der Waals surface area contributed by atoms with Gasteiger partial charge in [0.05, 0.1) is 5.69 Å². The predicted molar refractivity (Wildman–Crippen MR) is 123 cm³/mol. The van der Waals surface area contributed by atoms with E-state index in [2.05, 4.69) is 15.4 Å². The van der Waals surface area contributed by atoms with Crippen LogP contribution in [0.3, 0.4) is 0 Å². The molecule has 0 unspecified atom stereocenters. The minimum atomic E-state index is -0.542. The lowest BCUT2D eigenvalue weighted by Crippen LogP contribution is -2.28. The second-order valence-electron chi connectivity index (χ2n) is 8.31. The third kappa shape index (κ3) is 5.20. The number of rotatable bonds is 3. The Bertz CT molecular complexity index is 1310. The predicted octanol–water partition coefficient (Wildman–Crippen LogP) is 4.59. The lowest BCUT2D eigenvalue weighted by molar-refractivity contribution is -0.123. The summed E-state index contributed by atoms with van der Waals surface area (Å²) in [5.74, 6) is 0.0515. The summed E-state index contributed by atoms with van der Waals surface area (Å²) < 4.78 is 15.6. The number of hydrogen-bond acceptors (Lipinski definition) is 5. The molecule has 0 spiro atoms. The number of carboxylic acid groups (broad SMARTS) is 1. The van der Waals surface area contributed by atoms with Gasteiger partial charge in [-0.05, 0) is 55.0 Å². The number of halogens is 1. The molecule has 1 aromatic carbocycles. The Balaban J connectivity index is 0.000000968. The van der Waals surface area contributed by atoms with Crippen molar-refractivity contribution < 1.29 is 19.1 Å². The van der Waals surface area contributed by atoms with Crippen LogP contribution in [0.25, 0.3) is 28.2 Å². The van der Waals surface area contributed by atoms with Crippen LogP contribution >= 0.6 is 0 Å². The lowest BCUT2D eigenvalue weighted by atomic mass is 9.96. The van der Waals surface area contributed by atoms with Crippen molar-refractivity contribution in [3.05, 3.63) is 66.2 Å². The number of aryl methyl sites for hydroxylation is 1. The fraction of sp³-hybridized carbons (Fsp3) is 0.208. The molecule has 0 bridgehead atoms. The molecule has 0 saturated carbocycles. The van der Waals surface area contributed by atoms with Gasteiger partial charge in [0.15, 0.2) is 5.65 Å². The average molecular weight is 449 g/mol. The fourth-order valence-corrected chi connectivity index (χ4v) is 3.09. The minimum Gasteiger partial charge on any atom is -0.483 e. The summed E-state index contributed by atoms with van der Waals surface area (Å²) >= 11 is 0. The number of benzene rings is 1. The van der Waals surface area contributed by atoms with Gasteiger partial charge in [0.2, 0.25) is 5.91 Å². The Morgan fingerprint density at radius 3 is 2.52 bits per heavy atom. The molecular weight excluding hydrogens is 425 g/mol. The van der Waals surface area contributed by atoms with E-state index in [1.165, 1.54) is 6.07 Å². The number of imidazole rings is 1. The number of amides is 1. The number of carbonyl (C=O) groups is 2. The summed E-state index contributed by atoms with van der Waals surface area (Å²) in [4.78, 5) is 29.8. The Kier molecular flexibility index (Phi) is 6.81. The number of aromatic nitrogens is 4. The first-order valence-electron chi connectivity index (χ1n) is 10.1. The van der Waals surface area contributed by atoms with Crippen LogP contribution in [0, 0.1) is 18.2 Å². The van der Waals surface area contributed by atoms with Crippen LogP contribution in [0.2, 0.25) is 0 Å². The zero-order chi connectivity index (χ0) is 24.2. The number of carbonyl (C=O) groups excluding carboxylic acids is 1. The van der Waals surface area contributed by atoms with Crippen LogP contribution in [0.4, 0.5) is 10.2 Å². The van der Waals surface area contributed by atoms with Gasteiger partial charge in [0.1, 0.15) is 17.3 Å². The van der Waals surface area contributed by atoms with Crippen LogP contribution in [0.1, 0.15) is 26.3 Å². The van der Waals surface area contributed by atoms with Gasteiger partial charge in [-0.1, -0.05) is 20.8 Å². The summed E-state index contributed by atoms with van der Waals surface area (Å²) in [6.45, 7) is 7.00. The number of nitrogens with one attached hydrogen (secondary N) is 1. The normalized spacial score (nSPS) is 10.9. The second kappa shape index (κ2) is 9.56. The molecule has 3 heterocycles. The fourth-order valence-electron chi connectivity index (χ4n) is 3.09. The second-order valence-corrected chi connectivity index (χ2v) is 8.31. The van der Waals surface area contributed by atoms with E-state index in [1.807, 2.05) is 39.0 Å². The monoisotopic (exact) mass is 449 g/mol. The summed E-state index contributed by atoms with van der Waals surface area (Å²) in [5, 5.41) is 14.2. The molecule has 4 aromatic rings. The maximum absolute atomic E-state index is 13.8. The lowest BCUT2D eigenvalue weighted by Gasteiger charge is -2.17. The number of hydrogen-bond donors (Lipinski definition) is 2. The summed E-state index contributed by atoms with van der Waals surface area (Å²) in [5.41, 5.74) is 3.66. The van der Waals surface area contributed by atoms with Crippen LogP contribution in [0.5, 0.6) is 0 Å². The van der Waals surface area contributed by atoms with Crippen molar-refractivity contribution in [3.8, 4) is 22.5 Å². The Labute approximate surface area is 190 Å². The van der Waals surface area contributed by atoms with Gasteiger partial charge in [0, 0.05) is 28.9 Å². The molecule has 9 heteroatoms. The van der Waals surface area contributed by atoms with E-state index < -0.39 is 5.41 Å². The van der Waals surface area contributed by atoms with Gasteiger partial charge in [-0.3, -0.25) is 9.59 Å². The van der Waals surface area contributed by atoms with Crippen molar-refractivity contribution >= 4 is 23.8 Å². The average Bonchev–Trinajstić information content (AvgIpc) is 3.15. The highest BCUT2D eigenvalue weighted by atomic mass is 19.1. The molecule has 3 aromatic heterocycles. The molecule has 2 N–H and O–H groups in total. The first-order chi connectivity index (χ1) is 15.7. The van der Waals surface area contributed by atoms with E-state index in [0.717, 1.165) is 16.8 Å². The van der Waals surface area contributed by atoms with E-state index in [-0.39, 0.29) is 18.2 Å². The summed E-state index contributed by atoms with van der Waals surface area (Å²) in [6, 6.07) is 12.2. The molecule has 0 radical (unpaired) electrons. The van der Waals surface area contributed by atoms with Crippen molar-refractivity contribution in [2.75, 3.05) is 5.32 Å². The molecule has 0 aliphatic rings. The number of fused-ring (bicyclic) bond motifs is 1. The van der Waals surface area contributed by atoms with Gasteiger partial charge in [-0.25, -0.2) is 18.9 Å². The molecule has 4 rings (SSSR count). The van der Waals surface area contributed by atoms with Gasteiger partial charge < -0.3 is 10.4 Å². The highest BCUT2D eigenvalue weighted by molar-refractivity contribution is 5.94. The standard InChI is InChI=1S/C23H22FN5O.CH2O2/c1-14-12-15(7-8-17(14)24)20-21(29-19(28-20)6-5-10-26-29)16-9-11-25-18(13-16)27-22(30)23(2,3)4;2-1-3/h5-13H,1-4H3,(H,25,27,30);1H,(H,2,3). The van der Waals surface area contributed by atoms with Crippen LogP contribution in [-0.4, -0.2) is 37.1 Å². The molecule has 33 heavy (non-hydrogen) atoms. The molecule has 1 amide bonds. The third-order valence-corrected chi connectivity index (χ3v) is 4.78. The molecule has 0 aliphatic heterocycles. The van der Waals surface area contributed by atoms with E-state index in [0.29, 0.717) is 22.7 Å². The molecule has 0 atom stereocenters. The van der Waals surface area contributed by atoms with Crippen molar-refractivity contribution in [1.82, 2.24) is 19.6 Å². The quantitative estimate of drug-likeness (QED) is 0.443.